The zero-order valence-electron chi connectivity index (χ0n) is 8.23. The zero-order chi connectivity index (χ0) is 9.07. The molecule has 70 valence electrons. The Balaban J connectivity index is 2.73. The highest BCUT2D eigenvalue weighted by Crippen LogP contribution is 2.08. The van der Waals surface area contributed by atoms with Gasteiger partial charge in [0.2, 0.25) is 0 Å². The van der Waals surface area contributed by atoms with E-state index in [1.807, 2.05) is 0 Å². The predicted octanol–water partition coefficient (Wildman–Crippen LogP) is 2.65. The molecule has 2 N–H and O–H groups in total. The molecule has 0 aromatic heterocycles. The molecular weight excluding hydrogens is 145 g/mol. The molecule has 0 saturated carbocycles. The Kier molecular flexibility index (Phi) is 11.0. The van der Waals surface area contributed by atoms with Crippen molar-refractivity contribution in [3.63, 3.8) is 0 Å². The summed E-state index contributed by atoms with van der Waals surface area (Å²) in [7, 11) is 5.40. The van der Waals surface area contributed by atoms with E-state index < -0.39 is 0 Å². The van der Waals surface area contributed by atoms with Gasteiger partial charge in [0.25, 0.3) is 0 Å². The van der Waals surface area contributed by atoms with Crippen molar-refractivity contribution in [2.45, 2.75) is 57.7 Å². The first-order valence-corrected chi connectivity index (χ1v) is 5.32. The molecule has 0 rings (SSSR count). The first-order chi connectivity index (χ1) is 5.91. The number of rotatable bonds is 9. The van der Waals surface area contributed by atoms with Crippen LogP contribution in [0.4, 0.5) is 0 Å². The zero-order valence-corrected chi connectivity index (χ0v) is 8.23. The average molecular weight is 167 g/mol. The van der Waals surface area contributed by atoms with Crippen LogP contribution in [-0.4, -0.2) is 14.4 Å². The summed E-state index contributed by atoms with van der Waals surface area (Å²) >= 11 is 0. The van der Waals surface area contributed by atoms with Crippen LogP contribution in [0.1, 0.15) is 51.4 Å². The van der Waals surface area contributed by atoms with E-state index >= 15 is 0 Å². The van der Waals surface area contributed by atoms with Gasteiger partial charge in [0.05, 0.1) is 7.85 Å². The molecule has 1 nitrogen and oxygen atoms in total. The second-order valence-corrected chi connectivity index (χ2v) is 3.41. The van der Waals surface area contributed by atoms with Crippen LogP contribution in [0.3, 0.4) is 0 Å². The number of hydrogen-bond donors (Lipinski definition) is 1. The standard InChI is InChI=1S/C10H22BN/c11-9-7-5-3-1-2-4-6-8-10-12/h1-10,12H2. The second kappa shape index (κ2) is 11.0. The van der Waals surface area contributed by atoms with Gasteiger partial charge in [-0.05, 0) is 13.0 Å². The topological polar surface area (TPSA) is 26.0 Å². The van der Waals surface area contributed by atoms with Crippen LogP contribution >= 0.6 is 0 Å². The predicted molar refractivity (Wildman–Crippen MR) is 56.6 cm³/mol. The highest BCUT2D eigenvalue weighted by molar-refractivity contribution is 6.08. The number of nitrogens with two attached hydrogens (primary N) is 1. The Labute approximate surface area is 78.5 Å². The van der Waals surface area contributed by atoms with Gasteiger partial charge in [-0.1, -0.05) is 51.3 Å². The molecular formula is C10H22BN. The maximum absolute atomic E-state index is 5.40. The summed E-state index contributed by atoms with van der Waals surface area (Å²) in [6.07, 6.45) is 11.4. The third-order valence-electron chi connectivity index (χ3n) is 2.16. The highest BCUT2D eigenvalue weighted by Gasteiger charge is 1.90. The van der Waals surface area contributed by atoms with Crippen molar-refractivity contribution in [3.8, 4) is 0 Å². The quantitative estimate of drug-likeness (QED) is 0.414. The molecule has 0 aromatic carbocycles. The fourth-order valence-corrected chi connectivity index (χ4v) is 1.35. The summed E-state index contributed by atoms with van der Waals surface area (Å²) in [5, 5.41) is 0. The molecule has 0 heterocycles. The monoisotopic (exact) mass is 167 g/mol. The van der Waals surface area contributed by atoms with E-state index in [1.165, 1.54) is 51.4 Å². The maximum atomic E-state index is 5.40. The van der Waals surface area contributed by atoms with Crippen molar-refractivity contribution < 1.29 is 0 Å². The first kappa shape index (κ1) is 12.0. The molecule has 0 spiro atoms. The minimum Gasteiger partial charge on any atom is -0.330 e. The van der Waals surface area contributed by atoms with Crippen molar-refractivity contribution in [1.82, 2.24) is 0 Å². The van der Waals surface area contributed by atoms with E-state index in [9.17, 15) is 0 Å². The van der Waals surface area contributed by atoms with Crippen LogP contribution in [0.5, 0.6) is 0 Å². The van der Waals surface area contributed by atoms with Crippen molar-refractivity contribution in [3.05, 3.63) is 0 Å². The minimum absolute atomic E-state index is 0.854. The second-order valence-electron chi connectivity index (χ2n) is 3.41. The fourth-order valence-electron chi connectivity index (χ4n) is 1.35. The summed E-state index contributed by atoms with van der Waals surface area (Å²) in [6, 6.07) is 0. The molecule has 0 amide bonds. The van der Waals surface area contributed by atoms with Crippen molar-refractivity contribution in [2.75, 3.05) is 6.54 Å². The Morgan fingerprint density at radius 3 is 1.50 bits per heavy atom. The van der Waals surface area contributed by atoms with Crippen LogP contribution in [0.15, 0.2) is 0 Å². The van der Waals surface area contributed by atoms with Gasteiger partial charge in [-0.25, -0.2) is 0 Å². The Bertz CT molecular complexity index is 66.2. The van der Waals surface area contributed by atoms with Crippen LogP contribution < -0.4 is 5.73 Å². The normalized spacial score (nSPS) is 10.4. The molecule has 0 atom stereocenters. The molecule has 2 heteroatoms. The lowest BCUT2D eigenvalue weighted by atomic mass is 9.98. The van der Waals surface area contributed by atoms with Gasteiger partial charge in [0.1, 0.15) is 0 Å². The van der Waals surface area contributed by atoms with Gasteiger partial charge in [-0.3, -0.25) is 0 Å². The molecule has 0 fully saturated rings. The van der Waals surface area contributed by atoms with E-state index in [2.05, 4.69) is 0 Å². The summed E-state index contributed by atoms with van der Waals surface area (Å²) < 4.78 is 0. The minimum atomic E-state index is 0.854. The Morgan fingerprint density at radius 2 is 1.08 bits per heavy atom. The lowest BCUT2D eigenvalue weighted by molar-refractivity contribution is 0.578. The first-order valence-electron chi connectivity index (χ1n) is 5.32. The van der Waals surface area contributed by atoms with Gasteiger partial charge in [-0.2, -0.15) is 0 Å². The third kappa shape index (κ3) is 10.0. The van der Waals surface area contributed by atoms with Crippen molar-refractivity contribution >= 4 is 7.85 Å². The summed E-state index contributed by atoms with van der Waals surface area (Å²) in [4.78, 5) is 0. The van der Waals surface area contributed by atoms with Gasteiger partial charge >= 0.3 is 0 Å². The molecule has 0 bridgehead atoms. The number of unbranched alkanes of at least 4 members (excludes halogenated alkanes) is 7. The van der Waals surface area contributed by atoms with E-state index in [0.717, 1.165) is 12.9 Å². The average Bonchev–Trinajstić information content (AvgIpc) is 2.10. The lowest BCUT2D eigenvalue weighted by Gasteiger charge is -2.00. The Hall–Kier alpha value is 0.0249. The number of hydrogen-bond acceptors (Lipinski definition) is 1. The smallest absolute Gasteiger partial charge is 0.0653 e. The van der Waals surface area contributed by atoms with Gasteiger partial charge in [0.15, 0.2) is 0 Å². The molecule has 0 aliphatic rings. The summed E-state index contributed by atoms with van der Waals surface area (Å²) in [6.45, 7) is 0.854. The summed E-state index contributed by atoms with van der Waals surface area (Å²) in [5.74, 6) is 0. The third-order valence-corrected chi connectivity index (χ3v) is 2.16. The highest BCUT2D eigenvalue weighted by atomic mass is 14.5. The molecule has 0 aromatic rings. The van der Waals surface area contributed by atoms with E-state index in [-0.39, 0.29) is 0 Å². The van der Waals surface area contributed by atoms with Gasteiger partial charge < -0.3 is 5.73 Å². The summed E-state index contributed by atoms with van der Waals surface area (Å²) in [5.41, 5.74) is 5.40. The maximum Gasteiger partial charge on any atom is 0.0653 e. The molecule has 12 heavy (non-hydrogen) atoms. The molecule has 0 aliphatic heterocycles. The van der Waals surface area contributed by atoms with Crippen LogP contribution in [0.25, 0.3) is 0 Å². The van der Waals surface area contributed by atoms with Crippen LogP contribution in [-0.2, 0) is 0 Å². The molecule has 0 saturated heterocycles. The van der Waals surface area contributed by atoms with Crippen molar-refractivity contribution in [1.29, 1.82) is 0 Å². The molecule has 0 unspecified atom stereocenters. The van der Waals surface area contributed by atoms with Crippen LogP contribution in [0.2, 0.25) is 6.32 Å². The molecule has 2 radical (unpaired) electrons. The SMILES string of the molecule is [B]CCCCCCCCCCN. The van der Waals surface area contributed by atoms with E-state index in [1.54, 1.807) is 0 Å². The largest absolute Gasteiger partial charge is 0.330 e. The molecule has 0 aliphatic carbocycles. The van der Waals surface area contributed by atoms with E-state index in [0.29, 0.717) is 0 Å². The van der Waals surface area contributed by atoms with Crippen molar-refractivity contribution in [2.24, 2.45) is 5.73 Å². The lowest BCUT2D eigenvalue weighted by Crippen LogP contribution is -1.97. The van der Waals surface area contributed by atoms with Crippen LogP contribution in [0, 0.1) is 0 Å². The van der Waals surface area contributed by atoms with E-state index in [4.69, 9.17) is 13.6 Å². The van der Waals surface area contributed by atoms with Gasteiger partial charge in [0, 0.05) is 0 Å². The van der Waals surface area contributed by atoms with Gasteiger partial charge in [-0.15, -0.1) is 0 Å². The Morgan fingerprint density at radius 1 is 0.667 bits per heavy atom. The fraction of sp³-hybridized carbons (Fsp3) is 1.00.